The molecule has 0 bridgehead atoms. The van der Waals surface area contributed by atoms with E-state index in [4.69, 9.17) is 10.8 Å². The van der Waals surface area contributed by atoms with Gasteiger partial charge in [0.25, 0.3) is 0 Å². The first-order valence-electron chi connectivity index (χ1n) is 7.23. The number of hydrogen-bond acceptors (Lipinski definition) is 4. The Balaban J connectivity index is 2.59. The fraction of sp³-hybridized carbons (Fsp3) is 0.857. The molecule has 1 aliphatic heterocycles. The zero-order chi connectivity index (χ0) is 15.1. The molecule has 1 fully saturated rings. The number of carbonyl (C=O) groups excluding carboxylic acids is 1. The van der Waals surface area contributed by atoms with Crippen LogP contribution in [0.15, 0.2) is 0 Å². The summed E-state index contributed by atoms with van der Waals surface area (Å²) in [6.07, 6.45) is 1.42. The maximum absolute atomic E-state index is 12.4. The van der Waals surface area contributed by atoms with E-state index >= 15 is 0 Å². The molecule has 0 aromatic rings. The molecule has 0 saturated carbocycles. The van der Waals surface area contributed by atoms with Crippen molar-refractivity contribution < 1.29 is 14.7 Å². The smallest absolute Gasteiger partial charge is 0.305 e. The molecular weight excluding hydrogens is 276 g/mol. The number of amides is 1. The standard InChI is InChI=1S/C14H26N2O3S/c1-10(2)5-11(8-15)6-13(17)16-3-4-20-9-12(16)7-14(18)19/h10-12H,3-9,15H2,1-2H3,(H,18,19)/t11-,12?/m0/s1. The fourth-order valence-electron chi connectivity index (χ4n) is 2.65. The number of hydrogen-bond donors (Lipinski definition) is 2. The fourth-order valence-corrected chi connectivity index (χ4v) is 3.71. The number of nitrogens with two attached hydrogens (primary N) is 1. The SMILES string of the molecule is CC(C)C[C@H](CN)CC(=O)N1CCSCC1CC(=O)O. The van der Waals surface area contributed by atoms with Crippen LogP contribution in [0, 0.1) is 11.8 Å². The number of carboxylic acids is 1. The van der Waals surface area contributed by atoms with Gasteiger partial charge >= 0.3 is 5.97 Å². The van der Waals surface area contributed by atoms with Gasteiger partial charge in [0.2, 0.25) is 5.91 Å². The van der Waals surface area contributed by atoms with Crippen LogP contribution in [-0.2, 0) is 9.59 Å². The van der Waals surface area contributed by atoms with E-state index in [1.54, 1.807) is 16.7 Å². The molecular formula is C14H26N2O3S. The molecule has 0 spiro atoms. The topological polar surface area (TPSA) is 83.6 Å². The Morgan fingerprint density at radius 3 is 2.70 bits per heavy atom. The highest BCUT2D eigenvalue weighted by Crippen LogP contribution is 2.22. The number of carbonyl (C=O) groups is 2. The third kappa shape index (κ3) is 5.71. The normalized spacial score (nSPS) is 21.0. The summed E-state index contributed by atoms with van der Waals surface area (Å²) in [7, 11) is 0. The zero-order valence-corrected chi connectivity index (χ0v) is 13.2. The third-order valence-electron chi connectivity index (χ3n) is 3.56. The molecule has 1 heterocycles. The van der Waals surface area contributed by atoms with E-state index in [9.17, 15) is 9.59 Å². The van der Waals surface area contributed by atoms with E-state index in [-0.39, 0.29) is 24.3 Å². The molecule has 1 unspecified atom stereocenters. The lowest BCUT2D eigenvalue weighted by atomic mass is 9.93. The molecule has 1 amide bonds. The summed E-state index contributed by atoms with van der Waals surface area (Å²) in [5.74, 6) is 1.54. The number of rotatable bonds is 7. The Morgan fingerprint density at radius 2 is 2.15 bits per heavy atom. The van der Waals surface area contributed by atoms with Crippen LogP contribution in [0.4, 0.5) is 0 Å². The van der Waals surface area contributed by atoms with Crippen LogP contribution >= 0.6 is 11.8 Å². The van der Waals surface area contributed by atoms with Gasteiger partial charge in [0.15, 0.2) is 0 Å². The van der Waals surface area contributed by atoms with Crippen molar-refractivity contribution in [2.75, 3.05) is 24.6 Å². The highest BCUT2D eigenvalue weighted by Gasteiger charge is 2.29. The largest absolute Gasteiger partial charge is 0.481 e. The Bertz CT molecular complexity index is 336. The van der Waals surface area contributed by atoms with Crippen molar-refractivity contribution in [2.45, 2.75) is 39.2 Å². The number of nitrogens with zero attached hydrogens (tertiary/aromatic N) is 1. The molecule has 0 aromatic heterocycles. The lowest BCUT2D eigenvalue weighted by molar-refractivity contribution is -0.140. The Hall–Kier alpha value is -0.750. The molecule has 20 heavy (non-hydrogen) atoms. The van der Waals surface area contributed by atoms with Gasteiger partial charge in [-0.15, -0.1) is 0 Å². The van der Waals surface area contributed by atoms with Gasteiger partial charge in [-0.1, -0.05) is 13.8 Å². The summed E-state index contributed by atoms with van der Waals surface area (Å²) in [6, 6.07) is -0.170. The van der Waals surface area contributed by atoms with Gasteiger partial charge in [-0.2, -0.15) is 11.8 Å². The second-order valence-corrected chi connectivity index (χ2v) is 7.00. The minimum absolute atomic E-state index is 0.0379. The summed E-state index contributed by atoms with van der Waals surface area (Å²) in [5.41, 5.74) is 5.75. The molecule has 116 valence electrons. The molecule has 3 N–H and O–H groups in total. The van der Waals surface area contributed by atoms with Crippen LogP contribution in [0.1, 0.15) is 33.1 Å². The summed E-state index contributed by atoms with van der Waals surface area (Å²) in [5, 5.41) is 8.95. The molecule has 0 radical (unpaired) electrons. The van der Waals surface area contributed by atoms with Crippen molar-refractivity contribution in [1.29, 1.82) is 0 Å². The highest BCUT2D eigenvalue weighted by atomic mass is 32.2. The van der Waals surface area contributed by atoms with Gasteiger partial charge in [-0.3, -0.25) is 9.59 Å². The average Bonchev–Trinajstić information content (AvgIpc) is 2.37. The second kappa shape index (κ2) is 8.52. The zero-order valence-electron chi connectivity index (χ0n) is 12.4. The van der Waals surface area contributed by atoms with Gasteiger partial charge < -0.3 is 15.7 Å². The van der Waals surface area contributed by atoms with Crippen LogP contribution in [-0.4, -0.2) is 52.5 Å². The van der Waals surface area contributed by atoms with Crippen LogP contribution in [0.5, 0.6) is 0 Å². The molecule has 0 aromatic carbocycles. The first-order chi connectivity index (χ1) is 9.43. The van der Waals surface area contributed by atoms with Crippen molar-refractivity contribution in [3.05, 3.63) is 0 Å². The quantitative estimate of drug-likeness (QED) is 0.743. The maximum atomic E-state index is 12.4. The molecule has 2 atom stereocenters. The first kappa shape index (κ1) is 17.3. The number of aliphatic carboxylic acids is 1. The van der Waals surface area contributed by atoms with Gasteiger partial charge in [0.05, 0.1) is 12.5 Å². The van der Waals surface area contributed by atoms with Crippen molar-refractivity contribution in [3.63, 3.8) is 0 Å². The molecule has 1 rings (SSSR count). The summed E-state index contributed by atoms with van der Waals surface area (Å²) in [6.45, 7) is 5.41. The van der Waals surface area contributed by atoms with Crippen molar-refractivity contribution >= 4 is 23.6 Å². The maximum Gasteiger partial charge on any atom is 0.305 e. The van der Waals surface area contributed by atoms with E-state index in [0.717, 1.165) is 17.9 Å². The van der Waals surface area contributed by atoms with E-state index < -0.39 is 5.97 Å². The second-order valence-electron chi connectivity index (χ2n) is 5.85. The Kier molecular flexibility index (Phi) is 7.37. The monoisotopic (exact) mass is 302 g/mol. The molecule has 6 heteroatoms. The van der Waals surface area contributed by atoms with Gasteiger partial charge in [-0.05, 0) is 24.8 Å². The van der Waals surface area contributed by atoms with E-state index in [1.807, 2.05) is 0 Å². The minimum Gasteiger partial charge on any atom is -0.481 e. The van der Waals surface area contributed by atoms with Gasteiger partial charge in [-0.25, -0.2) is 0 Å². The van der Waals surface area contributed by atoms with Crippen LogP contribution < -0.4 is 5.73 Å². The third-order valence-corrected chi connectivity index (χ3v) is 4.65. The molecule has 0 aliphatic carbocycles. The Labute approximate surface area is 125 Å². The lowest BCUT2D eigenvalue weighted by Gasteiger charge is -2.35. The predicted octanol–water partition coefficient (Wildman–Crippen LogP) is 1.42. The summed E-state index contributed by atoms with van der Waals surface area (Å²) < 4.78 is 0. The number of carboxylic acid groups (broad SMARTS) is 1. The molecule has 5 nitrogen and oxygen atoms in total. The van der Waals surface area contributed by atoms with Crippen molar-refractivity contribution in [1.82, 2.24) is 4.90 Å². The predicted molar refractivity (Wildman–Crippen MR) is 81.7 cm³/mol. The van der Waals surface area contributed by atoms with Crippen molar-refractivity contribution in [3.8, 4) is 0 Å². The van der Waals surface area contributed by atoms with E-state index in [1.165, 1.54) is 0 Å². The van der Waals surface area contributed by atoms with E-state index in [2.05, 4.69) is 13.8 Å². The minimum atomic E-state index is -0.840. The summed E-state index contributed by atoms with van der Waals surface area (Å²) in [4.78, 5) is 25.1. The van der Waals surface area contributed by atoms with Gasteiger partial charge in [0.1, 0.15) is 0 Å². The van der Waals surface area contributed by atoms with Crippen LogP contribution in [0.3, 0.4) is 0 Å². The van der Waals surface area contributed by atoms with Crippen molar-refractivity contribution in [2.24, 2.45) is 17.6 Å². The average molecular weight is 302 g/mol. The van der Waals surface area contributed by atoms with Crippen LogP contribution in [0.2, 0.25) is 0 Å². The van der Waals surface area contributed by atoms with Gasteiger partial charge in [0, 0.05) is 24.5 Å². The summed E-state index contributed by atoms with van der Waals surface area (Å²) >= 11 is 1.72. The number of thioether (sulfide) groups is 1. The molecule has 1 saturated heterocycles. The first-order valence-corrected chi connectivity index (χ1v) is 8.38. The Morgan fingerprint density at radius 1 is 1.45 bits per heavy atom. The molecule has 1 aliphatic rings. The van der Waals surface area contributed by atoms with Crippen LogP contribution in [0.25, 0.3) is 0 Å². The lowest BCUT2D eigenvalue weighted by Crippen LogP contribution is -2.47. The van der Waals surface area contributed by atoms with E-state index in [0.29, 0.717) is 25.4 Å². The highest BCUT2D eigenvalue weighted by molar-refractivity contribution is 7.99.